The van der Waals surface area contributed by atoms with Crippen molar-refractivity contribution in [2.45, 2.75) is 34.3 Å². The van der Waals surface area contributed by atoms with E-state index in [1.807, 2.05) is 0 Å². The Kier molecular flexibility index (Phi) is 16.8. The minimum absolute atomic E-state index is 0.0502. The van der Waals surface area contributed by atoms with Crippen LogP contribution >= 0.6 is 0 Å². The van der Waals surface area contributed by atoms with Crippen LogP contribution in [0.5, 0.6) is 0 Å². The molecule has 3 N–H and O–H groups in total. The summed E-state index contributed by atoms with van der Waals surface area (Å²) in [5.41, 5.74) is 3.74. The van der Waals surface area contributed by atoms with E-state index < -0.39 is 47.5 Å². The molecular formula is C51H48F3N9O6S3. The fourth-order valence-electron chi connectivity index (χ4n) is 7.42. The molecule has 0 aliphatic rings. The molecule has 0 aliphatic heterocycles. The van der Waals surface area contributed by atoms with Gasteiger partial charge in [0.05, 0.1) is 17.1 Å². The van der Waals surface area contributed by atoms with Gasteiger partial charge >= 0.3 is 0 Å². The number of hydrogen-bond donors (Lipinski definition) is 3. The molecule has 0 bridgehead atoms. The summed E-state index contributed by atoms with van der Waals surface area (Å²) < 4.78 is 124. The molecule has 0 radical (unpaired) electrons. The average molecular weight is 1040 g/mol. The number of rotatable bonds is 15. The Morgan fingerprint density at radius 3 is 0.889 bits per heavy atom. The zero-order valence-electron chi connectivity index (χ0n) is 38.9. The lowest BCUT2D eigenvalue weighted by Crippen LogP contribution is -2.14. The van der Waals surface area contributed by atoms with Crippen molar-refractivity contribution in [3.63, 3.8) is 0 Å². The van der Waals surface area contributed by atoms with E-state index in [0.717, 1.165) is 28.6 Å². The zero-order valence-corrected chi connectivity index (χ0v) is 41.4. The standard InChI is InChI=1S/3C17H16FN3O2S/c3*1-19-10-13-9-17(15-6-2-3-7-16(15)18)21(12-13)24(22,23)14-5-4-8-20-11-14/h3*2-9,11-12,19H,10H2,1H3. The van der Waals surface area contributed by atoms with Crippen LogP contribution in [-0.2, 0) is 49.7 Å². The van der Waals surface area contributed by atoms with Gasteiger partial charge in [-0.05, 0) is 129 Å². The van der Waals surface area contributed by atoms with Gasteiger partial charge in [0.1, 0.15) is 32.1 Å². The largest absolute Gasteiger partial charge is 0.316 e. The van der Waals surface area contributed by atoms with Crippen LogP contribution in [0.2, 0.25) is 0 Å². The molecule has 0 unspecified atom stereocenters. The molecular weight excluding hydrogens is 988 g/mol. The Morgan fingerprint density at radius 1 is 0.403 bits per heavy atom. The number of pyridine rings is 3. The lowest BCUT2D eigenvalue weighted by molar-refractivity contribution is 0.585. The van der Waals surface area contributed by atoms with Crippen LogP contribution < -0.4 is 16.0 Å². The Morgan fingerprint density at radius 2 is 0.667 bits per heavy atom. The second-order valence-corrected chi connectivity index (χ2v) is 21.1. The van der Waals surface area contributed by atoms with E-state index in [4.69, 9.17) is 0 Å². The fourth-order valence-corrected chi connectivity index (χ4v) is 11.5. The predicted octanol–water partition coefficient (Wildman–Crippen LogP) is 7.94. The summed E-state index contributed by atoms with van der Waals surface area (Å²) in [5, 5.41) is 8.90. The first kappa shape index (κ1) is 52.3. The van der Waals surface area contributed by atoms with Crippen LogP contribution in [0, 0.1) is 17.5 Å². The Balaban J connectivity index is 0.000000158. The Labute approximate surface area is 415 Å². The monoisotopic (exact) mass is 1040 g/mol. The SMILES string of the molecule is CNCc1cc(-c2ccccc2F)n(S(=O)(=O)c2cccnc2)c1.CNCc1cc(-c2ccccc2F)n(S(=O)(=O)c2cccnc2)c1.CNCc1cc(-c2ccccc2F)n(S(=O)(=O)c2cccnc2)c1. The summed E-state index contributed by atoms with van der Waals surface area (Å²) in [6.07, 6.45) is 12.8. The summed E-state index contributed by atoms with van der Waals surface area (Å²) >= 11 is 0. The number of aromatic nitrogens is 6. The molecule has 0 atom stereocenters. The van der Waals surface area contributed by atoms with Crippen molar-refractivity contribution >= 4 is 30.1 Å². The average Bonchev–Trinajstić information content (AvgIpc) is 4.15. The van der Waals surface area contributed by atoms with E-state index in [1.165, 1.54) is 92.2 Å². The molecule has 0 fully saturated rings. The molecule has 72 heavy (non-hydrogen) atoms. The van der Waals surface area contributed by atoms with E-state index in [0.29, 0.717) is 19.6 Å². The van der Waals surface area contributed by atoms with Crippen LogP contribution in [0.4, 0.5) is 13.2 Å². The van der Waals surface area contributed by atoms with Gasteiger partial charge in [-0.25, -0.2) is 50.3 Å². The highest BCUT2D eigenvalue weighted by atomic mass is 32.2. The van der Waals surface area contributed by atoms with Crippen molar-refractivity contribution in [1.29, 1.82) is 0 Å². The normalized spacial score (nSPS) is 11.6. The van der Waals surface area contributed by atoms with Gasteiger partial charge < -0.3 is 16.0 Å². The minimum Gasteiger partial charge on any atom is -0.316 e. The third-order valence-electron chi connectivity index (χ3n) is 10.7. The summed E-state index contributed by atoms with van der Waals surface area (Å²) in [6.45, 7) is 1.41. The van der Waals surface area contributed by atoms with Crippen LogP contribution in [0.3, 0.4) is 0 Å². The molecule has 0 saturated heterocycles. The molecule has 0 amide bonds. The number of nitrogens with zero attached hydrogens (tertiary/aromatic N) is 6. The zero-order chi connectivity index (χ0) is 51.5. The lowest BCUT2D eigenvalue weighted by Gasteiger charge is -2.10. The lowest BCUT2D eigenvalue weighted by atomic mass is 10.1. The van der Waals surface area contributed by atoms with Gasteiger partial charge in [0.25, 0.3) is 30.1 Å². The molecule has 6 aromatic heterocycles. The van der Waals surface area contributed by atoms with Gasteiger partial charge in [0.15, 0.2) is 0 Å². The molecule has 0 spiro atoms. The molecule has 15 nitrogen and oxygen atoms in total. The highest BCUT2D eigenvalue weighted by Gasteiger charge is 2.26. The summed E-state index contributed by atoms with van der Waals surface area (Å²) in [7, 11) is -6.34. The van der Waals surface area contributed by atoms with Crippen molar-refractivity contribution in [3.05, 3.63) is 217 Å². The van der Waals surface area contributed by atoms with E-state index in [9.17, 15) is 38.4 Å². The number of hydrogen-bond acceptors (Lipinski definition) is 12. The van der Waals surface area contributed by atoms with Gasteiger partial charge in [-0.15, -0.1) is 0 Å². The summed E-state index contributed by atoms with van der Waals surface area (Å²) in [4.78, 5) is 11.7. The molecule has 9 rings (SSSR count). The maximum absolute atomic E-state index is 14.2. The second-order valence-electron chi connectivity index (χ2n) is 15.7. The highest BCUT2D eigenvalue weighted by Crippen LogP contribution is 2.32. The molecule has 0 saturated carbocycles. The van der Waals surface area contributed by atoms with E-state index in [-0.39, 0.29) is 48.5 Å². The second kappa shape index (κ2) is 23.1. The fraction of sp³-hybridized carbons (Fsp3) is 0.118. The third-order valence-corrected chi connectivity index (χ3v) is 15.7. The quantitative estimate of drug-likeness (QED) is 0.0900. The van der Waals surface area contributed by atoms with E-state index in [1.54, 1.807) is 112 Å². The van der Waals surface area contributed by atoms with Gasteiger partial charge in [0, 0.05) is 92.1 Å². The number of benzene rings is 3. The first-order valence-corrected chi connectivity index (χ1v) is 26.2. The maximum atomic E-state index is 14.2. The molecule has 9 aromatic rings. The first-order chi connectivity index (χ1) is 34.6. The van der Waals surface area contributed by atoms with Gasteiger partial charge in [-0.3, -0.25) is 15.0 Å². The number of nitrogens with one attached hydrogen (secondary N) is 3. The van der Waals surface area contributed by atoms with Crippen molar-refractivity contribution in [2.24, 2.45) is 0 Å². The maximum Gasteiger partial charge on any atom is 0.269 e. The smallest absolute Gasteiger partial charge is 0.269 e. The van der Waals surface area contributed by atoms with Crippen LogP contribution in [0.15, 0.2) is 198 Å². The van der Waals surface area contributed by atoms with Crippen molar-refractivity contribution in [3.8, 4) is 33.8 Å². The van der Waals surface area contributed by atoms with E-state index >= 15 is 0 Å². The molecule has 372 valence electrons. The third kappa shape index (κ3) is 11.6. The van der Waals surface area contributed by atoms with Crippen molar-refractivity contribution in [1.82, 2.24) is 42.8 Å². The molecule has 21 heteroatoms. The van der Waals surface area contributed by atoms with Gasteiger partial charge in [-0.2, -0.15) is 0 Å². The first-order valence-electron chi connectivity index (χ1n) is 21.9. The van der Waals surface area contributed by atoms with E-state index in [2.05, 4.69) is 30.9 Å². The Hall–Kier alpha value is -7.53. The topological polar surface area (TPSA) is 192 Å². The molecule has 6 heterocycles. The predicted molar refractivity (Wildman–Crippen MR) is 268 cm³/mol. The minimum atomic E-state index is -3.87. The summed E-state index contributed by atoms with van der Waals surface area (Å²) in [6, 6.07) is 32.4. The van der Waals surface area contributed by atoms with Gasteiger partial charge in [-0.1, -0.05) is 36.4 Å². The van der Waals surface area contributed by atoms with Crippen molar-refractivity contribution < 1.29 is 38.4 Å². The highest BCUT2D eigenvalue weighted by molar-refractivity contribution is 7.90. The molecule has 3 aromatic carbocycles. The van der Waals surface area contributed by atoms with Crippen molar-refractivity contribution in [2.75, 3.05) is 21.1 Å². The summed E-state index contributed by atoms with van der Waals surface area (Å²) in [5.74, 6) is -1.43. The number of halogens is 3. The van der Waals surface area contributed by atoms with Crippen LogP contribution in [0.25, 0.3) is 33.8 Å². The van der Waals surface area contributed by atoms with Gasteiger partial charge in [0.2, 0.25) is 0 Å². The Bertz CT molecular complexity index is 3240. The van der Waals surface area contributed by atoms with Crippen LogP contribution in [0.1, 0.15) is 16.7 Å². The molecule has 0 aliphatic carbocycles. The van der Waals surface area contributed by atoms with Crippen LogP contribution in [-0.4, -0.2) is 73.3 Å².